The molecule has 0 aliphatic heterocycles. The number of rotatable bonds is 6. The lowest BCUT2D eigenvalue weighted by molar-refractivity contribution is 0.269. The third-order valence-corrected chi connectivity index (χ3v) is 7.62. The zero-order valence-electron chi connectivity index (χ0n) is 19.1. The SMILES string of the molecule is CCC1=C(CC)C(C(C)(C)C2C(CC)=C(CC)c3ccccc32)c2ccccc21. The summed E-state index contributed by atoms with van der Waals surface area (Å²) in [6.07, 6.45) is 4.55. The molecule has 0 saturated carbocycles. The van der Waals surface area contributed by atoms with E-state index in [-0.39, 0.29) is 5.41 Å². The highest BCUT2D eigenvalue weighted by molar-refractivity contribution is 5.81. The first-order valence-corrected chi connectivity index (χ1v) is 11.6. The Morgan fingerprint density at radius 2 is 0.966 bits per heavy atom. The second-order valence-corrected chi connectivity index (χ2v) is 9.28. The molecular formula is C29H36. The molecule has 2 aromatic carbocycles. The highest BCUT2D eigenvalue weighted by atomic mass is 14.5. The molecule has 0 amide bonds. The van der Waals surface area contributed by atoms with Crippen LogP contribution in [0.15, 0.2) is 59.7 Å². The van der Waals surface area contributed by atoms with Gasteiger partial charge in [0.15, 0.2) is 0 Å². The molecule has 0 fully saturated rings. The Morgan fingerprint density at radius 3 is 1.31 bits per heavy atom. The summed E-state index contributed by atoms with van der Waals surface area (Å²) in [7, 11) is 0. The van der Waals surface area contributed by atoms with E-state index in [9.17, 15) is 0 Å². The molecule has 0 aromatic heterocycles. The summed E-state index contributed by atoms with van der Waals surface area (Å²) in [5, 5.41) is 0. The average molecular weight is 385 g/mol. The number of allylic oxidation sites excluding steroid dienone is 4. The second kappa shape index (κ2) is 7.63. The fourth-order valence-electron chi connectivity index (χ4n) is 6.65. The van der Waals surface area contributed by atoms with Gasteiger partial charge in [-0.15, -0.1) is 0 Å². The molecule has 2 atom stereocenters. The smallest absolute Gasteiger partial charge is 0.0120 e. The lowest BCUT2D eigenvalue weighted by Gasteiger charge is -2.42. The van der Waals surface area contributed by atoms with Crippen LogP contribution >= 0.6 is 0 Å². The van der Waals surface area contributed by atoms with Crippen LogP contribution in [0.5, 0.6) is 0 Å². The molecule has 29 heavy (non-hydrogen) atoms. The quantitative estimate of drug-likeness (QED) is 0.467. The molecule has 2 aliphatic carbocycles. The van der Waals surface area contributed by atoms with Gasteiger partial charge in [0, 0.05) is 11.8 Å². The largest absolute Gasteiger partial charge is 0.0619 e. The van der Waals surface area contributed by atoms with Gasteiger partial charge in [-0.2, -0.15) is 0 Å². The minimum Gasteiger partial charge on any atom is -0.0619 e. The summed E-state index contributed by atoms with van der Waals surface area (Å²) in [6.45, 7) is 14.5. The van der Waals surface area contributed by atoms with Gasteiger partial charge in [-0.05, 0) is 64.5 Å². The Hall–Kier alpha value is -2.08. The van der Waals surface area contributed by atoms with Gasteiger partial charge in [-0.1, -0.05) is 101 Å². The van der Waals surface area contributed by atoms with E-state index in [0.29, 0.717) is 11.8 Å². The van der Waals surface area contributed by atoms with Crippen LogP contribution in [0.2, 0.25) is 0 Å². The average Bonchev–Trinajstić information content (AvgIpc) is 3.25. The highest BCUT2D eigenvalue weighted by Gasteiger charge is 2.48. The van der Waals surface area contributed by atoms with E-state index in [1.807, 2.05) is 0 Å². The van der Waals surface area contributed by atoms with Crippen molar-refractivity contribution in [2.24, 2.45) is 5.41 Å². The molecule has 0 N–H and O–H groups in total. The normalized spacial score (nSPS) is 21.0. The van der Waals surface area contributed by atoms with Crippen molar-refractivity contribution in [3.8, 4) is 0 Å². The van der Waals surface area contributed by atoms with E-state index in [1.165, 1.54) is 11.1 Å². The Bertz CT molecular complexity index is 903. The lowest BCUT2D eigenvalue weighted by Crippen LogP contribution is -2.30. The highest BCUT2D eigenvalue weighted by Crippen LogP contribution is 2.62. The van der Waals surface area contributed by atoms with E-state index >= 15 is 0 Å². The summed E-state index contributed by atoms with van der Waals surface area (Å²) < 4.78 is 0. The van der Waals surface area contributed by atoms with Gasteiger partial charge in [0.05, 0.1) is 0 Å². The van der Waals surface area contributed by atoms with Crippen molar-refractivity contribution in [1.82, 2.24) is 0 Å². The van der Waals surface area contributed by atoms with Gasteiger partial charge in [-0.25, -0.2) is 0 Å². The Balaban J connectivity index is 1.93. The number of hydrogen-bond donors (Lipinski definition) is 0. The van der Waals surface area contributed by atoms with Crippen LogP contribution in [0.3, 0.4) is 0 Å². The molecule has 0 heterocycles. The first-order chi connectivity index (χ1) is 14.0. The number of benzene rings is 2. The van der Waals surface area contributed by atoms with Crippen molar-refractivity contribution in [3.05, 3.63) is 81.9 Å². The van der Waals surface area contributed by atoms with Crippen LogP contribution in [0.4, 0.5) is 0 Å². The molecule has 0 saturated heterocycles. The van der Waals surface area contributed by atoms with Gasteiger partial charge in [-0.3, -0.25) is 0 Å². The van der Waals surface area contributed by atoms with E-state index in [2.05, 4.69) is 90.1 Å². The molecule has 0 bridgehead atoms. The monoisotopic (exact) mass is 384 g/mol. The van der Waals surface area contributed by atoms with Crippen LogP contribution < -0.4 is 0 Å². The van der Waals surface area contributed by atoms with Crippen LogP contribution in [0.1, 0.15) is 101 Å². The molecule has 0 spiro atoms. The first-order valence-electron chi connectivity index (χ1n) is 11.6. The zero-order valence-corrected chi connectivity index (χ0v) is 19.1. The summed E-state index contributed by atoms with van der Waals surface area (Å²) in [6, 6.07) is 18.4. The Kier molecular flexibility index (Phi) is 5.32. The predicted octanol–water partition coefficient (Wildman–Crippen LogP) is 8.75. The van der Waals surface area contributed by atoms with Crippen LogP contribution in [0.25, 0.3) is 11.1 Å². The molecule has 0 nitrogen and oxygen atoms in total. The molecule has 2 aliphatic rings. The van der Waals surface area contributed by atoms with E-state index in [0.717, 1.165) is 25.7 Å². The summed E-state index contributed by atoms with van der Waals surface area (Å²) >= 11 is 0. The van der Waals surface area contributed by atoms with E-state index < -0.39 is 0 Å². The maximum Gasteiger partial charge on any atom is 0.0120 e. The maximum absolute atomic E-state index is 2.54. The van der Waals surface area contributed by atoms with Crippen molar-refractivity contribution in [1.29, 1.82) is 0 Å². The third kappa shape index (κ3) is 2.87. The standard InChI is InChI=1S/C29H36/c1-7-19-21(9-3)27(25-17-13-11-15-23(19)25)29(5,6)28-22(10-4)20(8-2)24-16-12-14-18-26(24)28/h11-18,27-28H,7-10H2,1-6H3. The molecule has 2 unspecified atom stereocenters. The zero-order chi connectivity index (χ0) is 20.8. The molecule has 152 valence electrons. The van der Waals surface area contributed by atoms with Gasteiger partial charge in [0.1, 0.15) is 0 Å². The van der Waals surface area contributed by atoms with Crippen molar-refractivity contribution in [3.63, 3.8) is 0 Å². The fourth-order valence-corrected chi connectivity index (χ4v) is 6.65. The minimum absolute atomic E-state index is 0.136. The maximum atomic E-state index is 2.54. The van der Waals surface area contributed by atoms with Crippen molar-refractivity contribution >= 4 is 11.1 Å². The molecule has 2 aromatic rings. The van der Waals surface area contributed by atoms with Crippen LogP contribution in [-0.4, -0.2) is 0 Å². The molecule has 0 heteroatoms. The van der Waals surface area contributed by atoms with E-state index in [4.69, 9.17) is 0 Å². The van der Waals surface area contributed by atoms with Crippen molar-refractivity contribution in [2.45, 2.75) is 79.1 Å². The fraction of sp³-hybridized carbons (Fsp3) is 0.448. The third-order valence-electron chi connectivity index (χ3n) is 7.62. The van der Waals surface area contributed by atoms with Gasteiger partial charge < -0.3 is 0 Å². The van der Waals surface area contributed by atoms with Crippen molar-refractivity contribution in [2.75, 3.05) is 0 Å². The van der Waals surface area contributed by atoms with Crippen LogP contribution in [0, 0.1) is 5.41 Å². The second-order valence-electron chi connectivity index (χ2n) is 9.28. The topological polar surface area (TPSA) is 0 Å². The number of hydrogen-bond acceptors (Lipinski definition) is 0. The van der Waals surface area contributed by atoms with Gasteiger partial charge >= 0.3 is 0 Å². The summed E-state index contributed by atoms with van der Waals surface area (Å²) in [4.78, 5) is 0. The van der Waals surface area contributed by atoms with Gasteiger partial charge in [0.2, 0.25) is 0 Å². The predicted molar refractivity (Wildman–Crippen MR) is 127 cm³/mol. The van der Waals surface area contributed by atoms with E-state index in [1.54, 1.807) is 33.4 Å². The summed E-state index contributed by atoms with van der Waals surface area (Å²) in [5.74, 6) is 0.990. The van der Waals surface area contributed by atoms with Gasteiger partial charge in [0.25, 0.3) is 0 Å². The molecule has 4 rings (SSSR count). The van der Waals surface area contributed by atoms with Crippen molar-refractivity contribution < 1.29 is 0 Å². The lowest BCUT2D eigenvalue weighted by atomic mass is 9.61. The summed E-state index contributed by atoms with van der Waals surface area (Å²) in [5.41, 5.74) is 12.8. The molecule has 0 radical (unpaired) electrons. The Morgan fingerprint density at radius 1 is 0.586 bits per heavy atom. The molecular weight excluding hydrogens is 348 g/mol. The van der Waals surface area contributed by atoms with Crippen LogP contribution in [-0.2, 0) is 0 Å². The minimum atomic E-state index is 0.136. The number of fused-ring (bicyclic) bond motifs is 2. The Labute approximate surface area is 177 Å². The first kappa shape index (κ1) is 20.2.